The van der Waals surface area contributed by atoms with E-state index in [0.717, 1.165) is 11.1 Å². The van der Waals surface area contributed by atoms with Gasteiger partial charge in [0.05, 0.1) is 0 Å². The summed E-state index contributed by atoms with van der Waals surface area (Å²) in [6.45, 7) is 11.5. The maximum atomic E-state index is 13.5. The van der Waals surface area contributed by atoms with Crippen LogP contribution in [0.15, 0.2) is 60.8 Å². The van der Waals surface area contributed by atoms with Crippen molar-refractivity contribution in [3.63, 3.8) is 0 Å². The number of para-hydroxylation sites is 3. The molecule has 2 aromatic carbocycles. The first-order valence-corrected chi connectivity index (χ1v) is 12.5. The number of carbonyl (C=O) groups is 1. The summed E-state index contributed by atoms with van der Waals surface area (Å²) in [5.74, 6) is 1.56. The van der Waals surface area contributed by atoms with Crippen LogP contribution in [0.5, 0.6) is 23.1 Å². The number of phenols is 1. The zero-order valence-corrected chi connectivity index (χ0v) is 21.5. The van der Waals surface area contributed by atoms with Gasteiger partial charge in [0, 0.05) is 44.5 Å². The van der Waals surface area contributed by atoms with E-state index in [1.54, 1.807) is 23.2 Å². The molecule has 0 bridgehead atoms. The van der Waals surface area contributed by atoms with Crippen molar-refractivity contribution in [2.45, 2.75) is 39.7 Å². The zero-order valence-electron chi connectivity index (χ0n) is 21.5. The Bertz CT molecular complexity index is 1210. The van der Waals surface area contributed by atoms with E-state index in [1.165, 1.54) is 0 Å². The molecule has 0 atom stereocenters. The van der Waals surface area contributed by atoms with Crippen LogP contribution in [0, 0.1) is 0 Å². The average Bonchev–Trinajstić information content (AvgIpc) is 2.86. The molecule has 3 aromatic rings. The first-order chi connectivity index (χ1) is 17.3. The molecule has 7 heteroatoms. The Morgan fingerprint density at radius 2 is 1.75 bits per heavy atom. The number of amides is 1. The summed E-state index contributed by atoms with van der Waals surface area (Å²) >= 11 is 0. The van der Waals surface area contributed by atoms with Gasteiger partial charge in [-0.25, -0.2) is 4.98 Å². The zero-order chi connectivity index (χ0) is 25.7. The average molecular weight is 490 g/mol. The first kappa shape index (κ1) is 25.5. The number of carbonyl (C=O) groups excluding carboxylic acids is 1. The van der Waals surface area contributed by atoms with Gasteiger partial charge in [-0.2, -0.15) is 0 Å². The monoisotopic (exact) mass is 489 g/mol. The quantitative estimate of drug-likeness (QED) is 0.543. The number of aromatic hydroxyl groups is 1. The summed E-state index contributed by atoms with van der Waals surface area (Å²) in [5.41, 5.74) is 2.03. The largest absolute Gasteiger partial charge is 0.507 e. The highest BCUT2D eigenvalue weighted by atomic mass is 16.5. The first-order valence-electron chi connectivity index (χ1n) is 12.5. The van der Waals surface area contributed by atoms with Crippen LogP contribution in [0.3, 0.4) is 0 Å². The standard InChI is InChI=1S/C29H35N3O4/c1-5-32-17-16-31(20-21-10-8-12-23(26(21)33)29(2,3)4)18-19-35-24-13-6-7-14-25(24)36-27-22(28(32)34)11-9-15-30-27/h6-15,33H,5,16-20H2,1-4H3. The molecular formula is C29H35N3O4. The minimum Gasteiger partial charge on any atom is -0.507 e. The van der Waals surface area contributed by atoms with E-state index in [1.807, 2.05) is 49.4 Å². The summed E-state index contributed by atoms with van der Waals surface area (Å²) in [4.78, 5) is 21.8. The van der Waals surface area contributed by atoms with Crippen molar-refractivity contribution < 1.29 is 19.4 Å². The van der Waals surface area contributed by atoms with Crippen molar-refractivity contribution in [2.75, 3.05) is 32.8 Å². The molecule has 0 fully saturated rings. The third-order valence-corrected chi connectivity index (χ3v) is 6.40. The lowest BCUT2D eigenvalue weighted by atomic mass is 9.85. The molecule has 0 saturated carbocycles. The molecule has 2 heterocycles. The van der Waals surface area contributed by atoms with Gasteiger partial charge in [0.15, 0.2) is 11.5 Å². The van der Waals surface area contributed by atoms with Crippen LogP contribution < -0.4 is 9.47 Å². The fraction of sp³-hybridized carbons (Fsp3) is 0.379. The number of ether oxygens (including phenoxy) is 2. The highest BCUT2D eigenvalue weighted by Crippen LogP contribution is 2.34. The molecule has 0 unspecified atom stereocenters. The molecule has 0 spiro atoms. The van der Waals surface area contributed by atoms with Crippen molar-refractivity contribution in [1.29, 1.82) is 0 Å². The molecule has 36 heavy (non-hydrogen) atoms. The lowest BCUT2D eigenvalue weighted by molar-refractivity contribution is 0.0736. The van der Waals surface area contributed by atoms with E-state index in [2.05, 4.69) is 30.7 Å². The second kappa shape index (κ2) is 11.0. The summed E-state index contributed by atoms with van der Waals surface area (Å²) < 4.78 is 12.2. The lowest BCUT2D eigenvalue weighted by Crippen LogP contribution is -2.39. The summed E-state index contributed by atoms with van der Waals surface area (Å²) in [7, 11) is 0. The number of rotatable bonds is 3. The van der Waals surface area contributed by atoms with Crippen molar-refractivity contribution in [2.24, 2.45) is 0 Å². The van der Waals surface area contributed by atoms with Crippen LogP contribution in [-0.4, -0.2) is 58.6 Å². The van der Waals surface area contributed by atoms with Gasteiger partial charge in [-0.15, -0.1) is 0 Å². The highest BCUT2D eigenvalue weighted by molar-refractivity contribution is 5.96. The Balaban J connectivity index is 1.65. The number of pyridine rings is 1. The molecule has 1 aliphatic heterocycles. The van der Waals surface area contributed by atoms with Crippen LogP contribution in [-0.2, 0) is 12.0 Å². The number of benzene rings is 2. The summed E-state index contributed by atoms with van der Waals surface area (Å²) in [6, 6.07) is 16.8. The van der Waals surface area contributed by atoms with Crippen LogP contribution in [0.2, 0.25) is 0 Å². The van der Waals surface area contributed by atoms with Crippen LogP contribution in [0.25, 0.3) is 0 Å². The van der Waals surface area contributed by atoms with Gasteiger partial charge in [-0.1, -0.05) is 51.1 Å². The lowest BCUT2D eigenvalue weighted by Gasteiger charge is -2.28. The fourth-order valence-corrected chi connectivity index (χ4v) is 4.35. The Kier molecular flexibility index (Phi) is 7.79. The van der Waals surface area contributed by atoms with Gasteiger partial charge in [-0.3, -0.25) is 9.69 Å². The predicted molar refractivity (Wildman–Crippen MR) is 140 cm³/mol. The van der Waals surface area contributed by atoms with E-state index >= 15 is 0 Å². The Morgan fingerprint density at radius 3 is 2.50 bits per heavy atom. The third-order valence-electron chi connectivity index (χ3n) is 6.40. The van der Waals surface area contributed by atoms with Gasteiger partial charge in [0.25, 0.3) is 5.91 Å². The van der Waals surface area contributed by atoms with Gasteiger partial charge in [-0.05, 0) is 42.2 Å². The van der Waals surface area contributed by atoms with Gasteiger partial charge in [0.2, 0.25) is 5.88 Å². The number of phenolic OH excluding ortho intramolecular Hbond substituents is 1. The highest BCUT2D eigenvalue weighted by Gasteiger charge is 2.24. The molecule has 7 nitrogen and oxygen atoms in total. The fourth-order valence-electron chi connectivity index (χ4n) is 4.35. The number of fused-ring (bicyclic) bond motifs is 2. The SMILES string of the molecule is CCN1CCN(Cc2cccc(C(C)(C)C)c2O)CCOc2ccccc2Oc2ncccc2C1=O. The molecular weight excluding hydrogens is 454 g/mol. The second-order valence-corrected chi connectivity index (χ2v) is 9.98. The number of hydrogen-bond acceptors (Lipinski definition) is 6. The van der Waals surface area contributed by atoms with Crippen molar-refractivity contribution >= 4 is 5.91 Å². The maximum absolute atomic E-state index is 13.5. The third kappa shape index (κ3) is 5.79. The Morgan fingerprint density at radius 1 is 0.972 bits per heavy atom. The summed E-state index contributed by atoms with van der Waals surface area (Å²) in [5, 5.41) is 11.0. The predicted octanol–water partition coefficient (Wildman–Crippen LogP) is 5.23. The molecule has 0 radical (unpaired) electrons. The van der Waals surface area contributed by atoms with E-state index in [4.69, 9.17) is 9.47 Å². The number of hydrogen-bond donors (Lipinski definition) is 1. The molecule has 1 aliphatic rings. The maximum Gasteiger partial charge on any atom is 0.259 e. The Labute approximate surface area is 213 Å². The van der Waals surface area contributed by atoms with E-state index in [9.17, 15) is 9.90 Å². The molecule has 190 valence electrons. The van der Waals surface area contributed by atoms with E-state index in [0.29, 0.717) is 62.1 Å². The molecule has 4 rings (SSSR count). The molecule has 1 amide bonds. The minimum atomic E-state index is -0.167. The molecule has 0 saturated heterocycles. The molecule has 1 aromatic heterocycles. The van der Waals surface area contributed by atoms with E-state index in [-0.39, 0.29) is 17.2 Å². The smallest absolute Gasteiger partial charge is 0.259 e. The van der Waals surface area contributed by atoms with Crippen LogP contribution in [0.1, 0.15) is 49.2 Å². The normalized spacial score (nSPS) is 15.4. The van der Waals surface area contributed by atoms with Crippen LogP contribution >= 0.6 is 0 Å². The Hall–Kier alpha value is -3.58. The molecule has 0 aliphatic carbocycles. The topological polar surface area (TPSA) is 75.1 Å². The minimum absolute atomic E-state index is 0.129. The second-order valence-electron chi connectivity index (χ2n) is 9.98. The van der Waals surface area contributed by atoms with Gasteiger partial charge in [0.1, 0.15) is 17.9 Å². The van der Waals surface area contributed by atoms with Crippen molar-refractivity contribution in [1.82, 2.24) is 14.8 Å². The number of nitrogens with zero attached hydrogens (tertiary/aromatic N) is 3. The van der Waals surface area contributed by atoms with Gasteiger partial charge >= 0.3 is 0 Å². The van der Waals surface area contributed by atoms with Crippen LogP contribution in [0.4, 0.5) is 0 Å². The molecule has 1 N–H and O–H groups in total. The number of likely N-dealkylation sites (N-methyl/N-ethyl adjacent to an activating group) is 1. The van der Waals surface area contributed by atoms with Gasteiger partial charge < -0.3 is 19.5 Å². The number of aromatic nitrogens is 1. The summed E-state index contributed by atoms with van der Waals surface area (Å²) in [6.07, 6.45) is 1.61. The van der Waals surface area contributed by atoms with E-state index < -0.39 is 0 Å². The van der Waals surface area contributed by atoms with Crippen molar-refractivity contribution in [3.8, 4) is 23.1 Å². The van der Waals surface area contributed by atoms with Crippen molar-refractivity contribution in [3.05, 3.63) is 77.5 Å².